The van der Waals surface area contributed by atoms with Gasteiger partial charge in [-0.2, -0.15) is 0 Å². The molecule has 8 rings (SSSR count). The lowest BCUT2D eigenvalue weighted by molar-refractivity contribution is -0.167. The van der Waals surface area contributed by atoms with E-state index in [2.05, 4.69) is 77.8 Å². The Morgan fingerprint density at radius 1 is 0.762 bits per heavy atom. The minimum absolute atomic E-state index is 0.143. The monoisotopic (exact) mass is 566 g/mol. The molecule has 4 aliphatic rings. The smallest absolute Gasteiger partial charge is 0.104 e. The van der Waals surface area contributed by atoms with Crippen LogP contribution in [0.1, 0.15) is 68.2 Å². The van der Waals surface area contributed by atoms with Crippen LogP contribution in [0.2, 0.25) is 0 Å². The number of fused-ring (bicyclic) bond motifs is 6. The third-order valence-corrected chi connectivity index (χ3v) is 11.9. The quantitative estimate of drug-likeness (QED) is 0.234. The van der Waals surface area contributed by atoms with Crippen LogP contribution in [0.25, 0.3) is 22.1 Å². The number of aromatic nitrogens is 4. The number of H-pyrrole nitrogens is 2. The Morgan fingerprint density at radius 3 is 1.93 bits per heavy atom. The second-order valence-corrected chi connectivity index (χ2v) is 14.1. The number of hydrogen-bond donors (Lipinski definition) is 4. The molecule has 0 amide bonds. The van der Waals surface area contributed by atoms with Gasteiger partial charge in [0.05, 0.1) is 22.1 Å². The Kier molecular flexibility index (Phi) is 6.50. The summed E-state index contributed by atoms with van der Waals surface area (Å²) in [5.74, 6) is 4.87. The maximum Gasteiger partial charge on any atom is 0.104 e. The Bertz CT molecular complexity index is 1570. The van der Waals surface area contributed by atoms with Crippen molar-refractivity contribution in [1.29, 1.82) is 0 Å². The van der Waals surface area contributed by atoms with Gasteiger partial charge in [-0.05, 0) is 94.5 Å². The molecule has 4 unspecified atom stereocenters. The Hall–Kier alpha value is -2.74. The second-order valence-electron chi connectivity index (χ2n) is 14.1. The fourth-order valence-corrected chi connectivity index (χ4v) is 9.94. The molecule has 0 spiro atoms. The van der Waals surface area contributed by atoms with E-state index in [0.29, 0.717) is 29.6 Å². The van der Waals surface area contributed by atoms with E-state index in [1.165, 1.54) is 54.3 Å². The van der Waals surface area contributed by atoms with E-state index < -0.39 is 0 Å². The van der Waals surface area contributed by atoms with Crippen molar-refractivity contribution in [2.45, 2.75) is 70.3 Å². The van der Waals surface area contributed by atoms with Crippen molar-refractivity contribution in [1.82, 2.24) is 30.6 Å². The number of ether oxygens (including phenoxy) is 1. The molecule has 2 aromatic carbocycles. The SMILES string of the molecule is Cc1nc2c(C3(C)C4CNCC3CC(CCOC3(c5cccc6[nH]c(C)nc56)C5CCCC3CNC5)C4)cccc2[nH]1. The van der Waals surface area contributed by atoms with E-state index >= 15 is 0 Å². The zero-order chi connectivity index (χ0) is 28.5. The fraction of sp³-hybridized carbons (Fsp3) is 0.600. The van der Waals surface area contributed by atoms with E-state index in [0.717, 1.165) is 61.9 Å². The Morgan fingerprint density at radius 2 is 1.31 bits per heavy atom. The van der Waals surface area contributed by atoms with Crippen molar-refractivity contribution in [2.75, 3.05) is 32.8 Å². The molecule has 0 radical (unpaired) electrons. The van der Waals surface area contributed by atoms with Crippen LogP contribution in [0.5, 0.6) is 0 Å². The average molecular weight is 567 g/mol. The van der Waals surface area contributed by atoms with E-state index in [9.17, 15) is 0 Å². The number of rotatable bonds is 6. The van der Waals surface area contributed by atoms with Gasteiger partial charge in [0.2, 0.25) is 0 Å². The first kappa shape index (κ1) is 26.9. The predicted molar refractivity (Wildman–Crippen MR) is 168 cm³/mol. The minimum atomic E-state index is -0.251. The number of benzene rings is 2. The van der Waals surface area contributed by atoms with Crippen molar-refractivity contribution in [3.05, 3.63) is 59.2 Å². The minimum Gasteiger partial charge on any atom is -0.370 e. The summed E-state index contributed by atoms with van der Waals surface area (Å²) >= 11 is 0. The third kappa shape index (κ3) is 4.03. The topological polar surface area (TPSA) is 90.7 Å². The standard InChI is InChI=1S/C35H46N6O/c1-21-38-30-11-5-9-28(32(30)40-21)34(3)26-15-23(16-27(34)20-37-19-26)13-14-42-35(24-7-4-8-25(35)18-36-17-24)29-10-6-12-31-33(29)41-22(2)39-31/h5-6,9-12,23-27,36-37H,4,7-8,13-20H2,1-3H3,(H,38,40)(H,39,41). The van der Waals surface area contributed by atoms with Gasteiger partial charge >= 0.3 is 0 Å². The van der Waals surface area contributed by atoms with Crippen LogP contribution in [0, 0.1) is 43.4 Å². The molecular formula is C35H46N6O. The normalized spacial score (nSPS) is 34.7. The van der Waals surface area contributed by atoms with E-state index in [1.807, 2.05) is 0 Å². The molecule has 4 atom stereocenters. The van der Waals surface area contributed by atoms with Crippen molar-refractivity contribution in [3.8, 4) is 0 Å². The first-order chi connectivity index (χ1) is 20.5. The Balaban J connectivity index is 1.06. The number of aromatic amines is 2. The van der Waals surface area contributed by atoms with Crippen LogP contribution in [-0.4, -0.2) is 52.7 Å². The number of para-hydroxylation sites is 2. The lowest BCUT2D eigenvalue weighted by Gasteiger charge is -2.55. The Labute approximate surface area is 249 Å². The first-order valence-corrected chi connectivity index (χ1v) is 16.4. The number of hydrogen-bond acceptors (Lipinski definition) is 5. The van der Waals surface area contributed by atoms with Crippen molar-refractivity contribution in [3.63, 3.8) is 0 Å². The average Bonchev–Trinajstić information content (AvgIpc) is 3.53. The van der Waals surface area contributed by atoms with Crippen LogP contribution in [-0.2, 0) is 15.8 Å². The molecule has 7 heteroatoms. The summed E-state index contributed by atoms with van der Waals surface area (Å²) in [7, 11) is 0. The molecule has 2 saturated carbocycles. The highest BCUT2D eigenvalue weighted by atomic mass is 16.5. The maximum absolute atomic E-state index is 7.34. The number of nitrogens with one attached hydrogen (secondary N) is 4. The summed E-state index contributed by atoms with van der Waals surface area (Å²) in [5, 5.41) is 7.54. The molecule has 4 aromatic rings. The largest absolute Gasteiger partial charge is 0.370 e. The van der Waals surface area contributed by atoms with Crippen molar-refractivity contribution in [2.24, 2.45) is 29.6 Å². The fourth-order valence-electron chi connectivity index (χ4n) is 9.94. The molecule has 4 N–H and O–H groups in total. The van der Waals surface area contributed by atoms with Gasteiger partial charge in [0.1, 0.15) is 17.2 Å². The van der Waals surface area contributed by atoms with Gasteiger partial charge in [-0.1, -0.05) is 37.6 Å². The van der Waals surface area contributed by atoms with Gasteiger partial charge in [0.15, 0.2) is 0 Å². The van der Waals surface area contributed by atoms with Crippen LogP contribution < -0.4 is 10.6 Å². The van der Waals surface area contributed by atoms with Gasteiger partial charge in [-0.25, -0.2) is 9.97 Å². The lowest BCUT2D eigenvalue weighted by Crippen LogP contribution is -2.58. The molecular weight excluding hydrogens is 520 g/mol. The summed E-state index contributed by atoms with van der Waals surface area (Å²) in [6.45, 7) is 11.7. The molecule has 4 heterocycles. The van der Waals surface area contributed by atoms with Gasteiger partial charge in [-0.15, -0.1) is 0 Å². The molecule has 4 bridgehead atoms. The van der Waals surface area contributed by atoms with Crippen molar-refractivity contribution < 1.29 is 4.74 Å². The highest BCUT2D eigenvalue weighted by Crippen LogP contribution is 2.54. The molecule has 2 saturated heterocycles. The molecule has 42 heavy (non-hydrogen) atoms. The van der Waals surface area contributed by atoms with Crippen LogP contribution in [0.4, 0.5) is 0 Å². The zero-order valence-electron chi connectivity index (χ0n) is 25.4. The van der Waals surface area contributed by atoms with Gasteiger partial charge in [0.25, 0.3) is 0 Å². The summed E-state index contributed by atoms with van der Waals surface area (Å²) in [6, 6.07) is 13.4. The van der Waals surface area contributed by atoms with Gasteiger partial charge in [0, 0.05) is 42.5 Å². The molecule has 7 nitrogen and oxygen atoms in total. The summed E-state index contributed by atoms with van der Waals surface area (Å²) in [5.41, 5.74) is 7.26. The van der Waals surface area contributed by atoms with E-state index in [-0.39, 0.29) is 11.0 Å². The summed E-state index contributed by atoms with van der Waals surface area (Å²) < 4.78 is 7.34. The third-order valence-electron chi connectivity index (χ3n) is 11.9. The number of nitrogens with zero attached hydrogens (tertiary/aromatic N) is 2. The predicted octanol–water partition coefficient (Wildman–Crippen LogP) is 5.88. The highest BCUT2D eigenvalue weighted by Gasteiger charge is 2.54. The van der Waals surface area contributed by atoms with Gasteiger partial charge < -0.3 is 25.3 Å². The highest BCUT2D eigenvalue weighted by molar-refractivity contribution is 5.81. The van der Waals surface area contributed by atoms with E-state index in [1.54, 1.807) is 0 Å². The molecule has 2 aliphatic carbocycles. The number of piperidine rings is 2. The summed E-state index contributed by atoms with van der Waals surface area (Å²) in [6.07, 6.45) is 7.38. The molecule has 222 valence electrons. The van der Waals surface area contributed by atoms with Crippen LogP contribution >= 0.6 is 0 Å². The number of aryl methyl sites for hydroxylation is 2. The molecule has 4 fully saturated rings. The second kappa shape index (κ2) is 10.2. The lowest BCUT2D eigenvalue weighted by atomic mass is 9.53. The molecule has 2 aromatic heterocycles. The summed E-state index contributed by atoms with van der Waals surface area (Å²) in [4.78, 5) is 16.9. The van der Waals surface area contributed by atoms with E-state index in [4.69, 9.17) is 14.7 Å². The molecule has 2 aliphatic heterocycles. The van der Waals surface area contributed by atoms with Crippen LogP contribution in [0.3, 0.4) is 0 Å². The van der Waals surface area contributed by atoms with Crippen molar-refractivity contribution >= 4 is 22.1 Å². The number of imidazole rings is 2. The zero-order valence-corrected chi connectivity index (χ0v) is 25.4. The first-order valence-electron chi connectivity index (χ1n) is 16.4. The van der Waals surface area contributed by atoms with Crippen LogP contribution in [0.15, 0.2) is 36.4 Å². The maximum atomic E-state index is 7.34. The van der Waals surface area contributed by atoms with Gasteiger partial charge in [-0.3, -0.25) is 0 Å².